The molecule has 0 aliphatic carbocycles. The van der Waals surface area contributed by atoms with Crippen LogP contribution < -0.4 is 4.74 Å². The fourth-order valence-corrected chi connectivity index (χ4v) is 3.53. The van der Waals surface area contributed by atoms with Gasteiger partial charge in [0.15, 0.2) is 0 Å². The third-order valence-corrected chi connectivity index (χ3v) is 4.71. The highest BCUT2D eigenvalue weighted by Crippen LogP contribution is 2.34. The van der Waals surface area contributed by atoms with Gasteiger partial charge in [-0.25, -0.2) is 0 Å². The van der Waals surface area contributed by atoms with Gasteiger partial charge in [-0.05, 0) is 42.6 Å². The minimum absolute atomic E-state index is 0.0569. The van der Waals surface area contributed by atoms with Crippen LogP contribution in [0.4, 0.5) is 0 Å². The fourth-order valence-electron chi connectivity index (χ4n) is 3.53. The topological polar surface area (TPSA) is 49.8 Å². The van der Waals surface area contributed by atoms with Gasteiger partial charge in [0.05, 0.1) is 13.2 Å². The van der Waals surface area contributed by atoms with E-state index >= 15 is 0 Å². The Labute approximate surface area is 142 Å². The largest absolute Gasteiger partial charge is 0.497 e. The van der Waals surface area contributed by atoms with Gasteiger partial charge in [0.2, 0.25) is 0 Å². The molecule has 126 valence electrons. The van der Waals surface area contributed by atoms with E-state index in [2.05, 4.69) is 17.0 Å². The molecule has 1 aliphatic heterocycles. The van der Waals surface area contributed by atoms with Crippen LogP contribution in [-0.2, 0) is 4.79 Å². The molecule has 2 aromatic carbocycles. The Morgan fingerprint density at radius 1 is 1.08 bits per heavy atom. The summed E-state index contributed by atoms with van der Waals surface area (Å²) in [7, 11) is 1.65. The highest BCUT2D eigenvalue weighted by atomic mass is 16.5. The van der Waals surface area contributed by atoms with Crippen LogP contribution in [0, 0.1) is 0 Å². The van der Waals surface area contributed by atoms with E-state index in [1.165, 1.54) is 0 Å². The predicted molar refractivity (Wildman–Crippen MR) is 93.3 cm³/mol. The lowest BCUT2D eigenvalue weighted by Crippen LogP contribution is -2.46. The van der Waals surface area contributed by atoms with Crippen molar-refractivity contribution < 1.29 is 14.6 Å². The zero-order valence-corrected chi connectivity index (χ0v) is 13.9. The van der Waals surface area contributed by atoms with Crippen molar-refractivity contribution in [1.29, 1.82) is 0 Å². The molecule has 0 saturated carbocycles. The van der Waals surface area contributed by atoms with Crippen molar-refractivity contribution in [3.8, 4) is 5.75 Å². The second-order valence-corrected chi connectivity index (χ2v) is 6.17. The predicted octanol–water partition coefficient (Wildman–Crippen LogP) is 3.72. The van der Waals surface area contributed by atoms with Crippen LogP contribution in [0.2, 0.25) is 0 Å². The van der Waals surface area contributed by atoms with Crippen molar-refractivity contribution >= 4 is 5.97 Å². The maximum Gasteiger partial charge on any atom is 0.320 e. The number of carboxylic acids is 1. The molecule has 0 amide bonds. The molecule has 1 heterocycles. The molecule has 4 heteroatoms. The number of rotatable bonds is 5. The molecule has 3 rings (SSSR count). The van der Waals surface area contributed by atoms with Gasteiger partial charge in [-0.1, -0.05) is 48.9 Å². The third-order valence-electron chi connectivity index (χ3n) is 4.71. The Morgan fingerprint density at radius 2 is 1.75 bits per heavy atom. The summed E-state index contributed by atoms with van der Waals surface area (Å²) in [6.45, 7) is 0.794. The lowest BCUT2D eigenvalue weighted by molar-refractivity contribution is -0.145. The zero-order chi connectivity index (χ0) is 16.9. The highest BCUT2D eigenvalue weighted by Gasteiger charge is 2.34. The van der Waals surface area contributed by atoms with E-state index in [0.29, 0.717) is 6.42 Å². The van der Waals surface area contributed by atoms with Crippen molar-refractivity contribution in [2.45, 2.75) is 31.3 Å². The van der Waals surface area contributed by atoms with Gasteiger partial charge < -0.3 is 9.84 Å². The molecular formula is C20H23NO3. The molecule has 2 atom stereocenters. The normalized spacial score (nSPS) is 19.6. The monoisotopic (exact) mass is 325 g/mol. The van der Waals surface area contributed by atoms with Crippen LogP contribution in [0.15, 0.2) is 54.6 Å². The number of likely N-dealkylation sites (tertiary alicyclic amines) is 1. The number of hydrogen-bond donors (Lipinski definition) is 1. The summed E-state index contributed by atoms with van der Waals surface area (Å²) in [5, 5.41) is 9.67. The van der Waals surface area contributed by atoms with Gasteiger partial charge in [-0.2, -0.15) is 0 Å². The van der Waals surface area contributed by atoms with Gasteiger partial charge >= 0.3 is 5.97 Å². The van der Waals surface area contributed by atoms with E-state index in [-0.39, 0.29) is 6.04 Å². The fraction of sp³-hybridized carbons (Fsp3) is 0.350. The molecule has 4 nitrogen and oxygen atoms in total. The van der Waals surface area contributed by atoms with Crippen LogP contribution >= 0.6 is 0 Å². The van der Waals surface area contributed by atoms with Gasteiger partial charge in [0.25, 0.3) is 0 Å². The Bertz CT molecular complexity index is 669. The summed E-state index contributed by atoms with van der Waals surface area (Å²) in [5.41, 5.74) is 2.21. The van der Waals surface area contributed by atoms with Crippen molar-refractivity contribution in [3.63, 3.8) is 0 Å². The summed E-state index contributed by atoms with van der Waals surface area (Å²) >= 11 is 0. The molecule has 0 spiro atoms. The average Bonchev–Trinajstić information content (AvgIpc) is 2.64. The number of ether oxygens (including phenoxy) is 1. The molecule has 0 bridgehead atoms. The smallest absolute Gasteiger partial charge is 0.320 e. The first kappa shape index (κ1) is 16.5. The van der Waals surface area contributed by atoms with Crippen LogP contribution in [0.1, 0.15) is 36.4 Å². The van der Waals surface area contributed by atoms with Crippen LogP contribution in [0.5, 0.6) is 5.75 Å². The standard InChI is InChI=1S/C20H23NO3/c1-24-17-12-10-16(11-13-17)19(15-7-3-2-4-8-15)21-14-6-5-9-18(21)20(22)23/h2-4,7-8,10-13,18-19H,5-6,9,14H2,1H3,(H,22,23). The molecule has 1 fully saturated rings. The number of aliphatic carboxylic acids is 1. The summed E-state index contributed by atoms with van der Waals surface area (Å²) in [6.07, 6.45) is 2.70. The Balaban J connectivity index is 2.02. The van der Waals surface area contributed by atoms with E-state index in [1.807, 2.05) is 42.5 Å². The maximum atomic E-state index is 11.8. The number of benzene rings is 2. The average molecular weight is 325 g/mol. The minimum atomic E-state index is -0.732. The van der Waals surface area contributed by atoms with E-state index in [1.54, 1.807) is 7.11 Å². The molecule has 1 aliphatic rings. The first-order chi connectivity index (χ1) is 11.7. The van der Waals surface area contributed by atoms with E-state index in [0.717, 1.165) is 36.3 Å². The van der Waals surface area contributed by atoms with Gasteiger partial charge in [-0.15, -0.1) is 0 Å². The zero-order valence-electron chi connectivity index (χ0n) is 13.9. The van der Waals surface area contributed by atoms with E-state index < -0.39 is 12.0 Å². The summed E-state index contributed by atoms with van der Waals surface area (Å²) in [6, 6.07) is 17.6. The van der Waals surface area contributed by atoms with Crippen molar-refractivity contribution in [3.05, 3.63) is 65.7 Å². The quantitative estimate of drug-likeness (QED) is 0.910. The van der Waals surface area contributed by atoms with E-state index in [9.17, 15) is 9.90 Å². The second-order valence-electron chi connectivity index (χ2n) is 6.17. The molecular weight excluding hydrogens is 302 g/mol. The molecule has 2 aromatic rings. The van der Waals surface area contributed by atoms with Gasteiger partial charge in [-0.3, -0.25) is 9.69 Å². The number of carbonyl (C=O) groups is 1. The summed E-state index contributed by atoms with van der Waals surface area (Å²) in [4.78, 5) is 13.9. The van der Waals surface area contributed by atoms with Gasteiger partial charge in [0.1, 0.15) is 11.8 Å². The number of piperidine rings is 1. The van der Waals surface area contributed by atoms with Crippen LogP contribution in [0.25, 0.3) is 0 Å². The highest BCUT2D eigenvalue weighted by molar-refractivity contribution is 5.73. The molecule has 24 heavy (non-hydrogen) atoms. The lowest BCUT2D eigenvalue weighted by atomic mass is 9.91. The first-order valence-corrected chi connectivity index (χ1v) is 8.38. The molecule has 1 N–H and O–H groups in total. The van der Waals surface area contributed by atoms with E-state index in [4.69, 9.17) is 4.74 Å². The van der Waals surface area contributed by atoms with Crippen molar-refractivity contribution in [2.24, 2.45) is 0 Å². The number of hydrogen-bond acceptors (Lipinski definition) is 3. The van der Waals surface area contributed by atoms with Crippen molar-refractivity contribution in [2.75, 3.05) is 13.7 Å². The number of carboxylic acid groups (broad SMARTS) is 1. The first-order valence-electron chi connectivity index (χ1n) is 8.38. The third kappa shape index (κ3) is 3.44. The number of nitrogens with zero attached hydrogens (tertiary/aromatic N) is 1. The minimum Gasteiger partial charge on any atom is -0.497 e. The summed E-state index contributed by atoms with van der Waals surface area (Å²) < 4.78 is 5.25. The Morgan fingerprint density at radius 3 is 2.38 bits per heavy atom. The van der Waals surface area contributed by atoms with Gasteiger partial charge in [0, 0.05) is 0 Å². The lowest BCUT2D eigenvalue weighted by Gasteiger charge is -2.39. The van der Waals surface area contributed by atoms with Crippen LogP contribution in [0.3, 0.4) is 0 Å². The molecule has 0 aromatic heterocycles. The molecule has 2 unspecified atom stereocenters. The van der Waals surface area contributed by atoms with Crippen molar-refractivity contribution in [1.82, 2.24) is 4.90 Å². The molecule has 0 radical (unpaired) electrons. The number of methoxy groups -OCH3 is 1. The molecule has 1 saturated heterocycles. The second kappa shape index (κ2) is 7.49. The Hall–Kier alpha value is -2.33. The summed E-state index contributed by atoms with van der Waals surface area (Å²) in [5.74, 6) is 0.0723. The Kier molecular flexibility index (Phi) is 5.16. The van der Waals surface area contributed by atoms with Crippen LogP contribution in [-0.4, -0.2) is 35.7 Å². The SMILES string of the molecule is COc1ccc(C(c2ccccc2)N2CCCCC2C(=O)O)cc1. The maximum absolute atomic E-state index is 11.8.